The Balaban J connectivity index is 1.79. The van der Waals surface area contributed by atoms with Gasteiger partial charge in [-0.15, -0.1) is 0 Å². The van der Waals surface area contributed by atoms with Gasteiger partial charge in [-0.1, -0.05) is 24.6 Å². The van der Waals surface area contributed by atoms with Crippen LogP contribution in [-0.2, 0) is 15.6 Å². The lowest BCUT2D eigenvalue weighted by Gasteiger charge is -2.30. The second-order valence-electron chi connectivity index (χ2n) is 7.16. The number of carbonyl (C=O) groups is 1. The molecule has 1 saturated heterocycles. The molecule has 27 heavy (non-hydrogen) atoms. The van der Waals surface area contributed by atoms with E-state index in [1.807, 2.05) is 0 Å². The number of halogens is 1. The Bertz CT molecular complexity index is 951. The van der Waals surface area contributed by atoms with Crippen LogP contribution in [0, 0.1) is 12.8 Å². The van der Waals surface area contributed by atoms with Crippen molar-refractivity contribution in [3.05, 3.63) is 58.4 Å². The number of piperidine rings is 1. The largest absolute Gasteiger partial charge is 0.337 e. The zero-order chi connectivity index (χ0) is 19.6. The normalized spacial score (nSPS) is 15.7. The first-order chi connectivity index (χ1) is 12.8. The number of pyridine rings is 1. The van der Waals surface area contributed by atoms with Gasteiger partial charge in [-0.25, -0.2) is 13.4 Å². The van der Waals surface area contributed by atoms with Crippen molar-refractivity contribution < 1.29 is 13.2 Å². The molecule has 1 aromatic carbocycles. The average Bonchev–Trinajstić information content (AvgIpc) is 2.64. The molecular formula is C20H23ClN2O3S. The van der Waals surface area contributed by atoms with E-state index in [0.717, 1.165) is 12.8 Å². The van der Waals surface area contributed by atoms with Gasteiger partial charge in [0.15, 0.2) is 9.84 Å². The molecule has 0 unspecified atom stereocenters. The number of benzene rings is 1. The van der Waals surface area contributed by atoms with Crippen LogP contribution in [0.15, 0.2) is 41.3 Å². The maximum atomic E-state index is 12.7. The van der Waals surface area contributed by atoms with Gasteiger partial charge in [-0.2, -0.15) is 0 Å². The van der Waals surface area contributed by atoms with Crippen LogP contribution in [0.4, 0.5) is 0 Å². The van der Waals surface area contributed by atoms with Gasteiger partial charge in [0.05, 0.1) is 16.3 Å². The zero-order valence-corrected chi connectivity index (χ0v) is 17.1. The number of hydrogen-bond donors (Lipinski definition) is 0. The van der Waals surface area contributed by atoms with Gasteiger partial charge >= 0.3 is 0 Å². The van der Waals surface area contributed by atoms with Gasteiger partial charge in [0, 0.05) is 18.1 Å². The first-order valence-electron chi connectivity index (χ1n) is 9.00. The molecular weight excluding hydrogens is 384 g/mol. The molecule has 1 aliphatic heterocycles. The highest BCUT2D eigenvalue weighted by molar-refractivity contribution is 7.90. The van der Waals surface area contributed by atoms with Crippen LogP contribution in [0.3, 0.4) is 0 Å². The second-order valence-corrected chi connectivity index (χ2v) is 9.56. The number of aryl methyl sites for hydroxylation is 1. The van der Waals surface area contributed by atoms with Crippen LogP contribution in [-0.4, -0.2) is 37.3 Å². The van der Waals surface area contributed by atoms with Crippen molar-refractivity contribution in [3.63, 3.8) is 0 Å². The molecule has 1 fully saturated rings. The third kappa shape index (κ3) is 4.68. The van der Waals surface area contributed by atoms with Crippen molar-refractivity contribution in [3.8, 4) is 0 Å². The molecule has 1 aliphatic rings. The second kappa shape index (κ2) is 7.98. The lowest BCUT2D eigenvalue weighted by Crippen LogP contribution is -2.38. The van der Waals surface area contributed by atoms with Crippen molar-refractivity contribution in [1.82, 2.24) is 9.88 Å². The van der Waals surface area contributed by atoms with Crippen LogP contribution < -0.4 is 0 Å². The molecule has 144 valence electrons. The number of sulfone groups is 1. The number of rotatable bonds is 4. The fourth-order valence-electron chi connectivity index (χ4n) is 3.14. The molecule has 1 amide bonds. The van der Waals surface area contributed by atoms with Crippen LogP contribution in [0.1, 0.15) is 41.5 Å². The Morgan fingerprint density at radius 3 is 2.59 bits per heavy atom. The third-order valence-corrected chi connectivity index (χ3v) is 7.00. The highest BCUT2D eigenvalue weighted by Gasteiger charge is 2.23. The topological polar surface area (TPSA) is 67.3 Å². The van der Waals surface area contributed by atoms with Crippen molar-refractivity contribution in [1.29, 1.82) is 0 Å². The smallest absolute Gasteiger partial charge is 0.272 e. The van der Waals surface area contributed by atoms with E-state index in [2.05, 4.69) is 11.9 Å². The lowest BCUT2D eigenvalue weighted by atomic mass is 9.99. The third-order valence-electron chi connectivity index (χ3n) is 4.92. The SMILES string of the molecule is Cc1cc(S(=O)(=O)Cc2cccc(C(=O)N3CCC(C)CC3)n2)ccc1Cl. The highest BCUT2D eigenvalue weighted by Crippen LogP contribution is 2.22. The number of hydrogen-bond acceptors (Lipinski definition) is 4. The Kier molecular flexibility index (Phi) is 5.86. The van der Waals surface area contributed by atoms with Crippen LogP contribution in [0.2, 0.25) is 5.02 Å². The highest BCUT2D eigenvalue weighted by atomic mass is 35.5. The zero-order valence-electron chi connectivity index (χ0n) is 15.5. The predicted molar refractivity (Wildman–Crippen MR) is 106 cm³/mol. The first-order valence-corrected chi connectivity index (χ1v) is 11.0. The minimum Gasteiger partial charge on any atom is -0.337 e. The molecule has 0 bridgehead atoms. The Morgan fingerprint density at radius 2 is 1.93 bits per heavy atom. The van der Waals surface area contributed by atoms with E-state index in [1.165, 1.54) is 6.07 Å². The molecule has 0 radical (unpaired) electrons. The van der Waals surface area contributed by atoms with Gasteiger partial charge in [-0.3, -0.25) is 4.79 Å². The van der Waals surface area contributed by atoms with Crippen molar-refractivity contribution >= 4 is 27.3 Å². The maximum Gasteiger partial charge on any atom is 0.272 e. The Hall–Kier alpha value is -1.92. The van der Waals surface area contributed by atoms with E-state index in [9.17, 15) is 13.2 Å². The fraction of sp³-hybridized carbons (Fsp3) is 0.400. The monoisotopic (exact) mass is 406 g/mol. The van der Waals surface area contributed by atoms with Gasteiger partial charge < -0.3 is 4.90 Å². The van der Waals surface area contributed by atoms with Crippen molar-refractivity contribution in [2.75, 3.05) is 13.1 Å². The molecule has 0 spiro atoms. The minimum atomic E-state index is -3.57. The summed E-state index contributed by atoms with van der Waals surface area (Å²) < 4.78 is 25.4. The van der Waals surface area contributed by atoms with E-state index >= 15 is 0 Å². The summed E-state index contributed by atoms with van der Waals surface area (Å²) >= 11 is 5.98. The summed E-state index contributed by atoms with van der Waals surface area (Å²) in [6, 6.07) is 9.59. The quantitative estimate of drug-likeness (QED) is 0.772. The van der Waals surface area contributed by atoms with Crippen molar-refractivity contribution in [2.24, 2.45) is 5.92 Å². The van der Waals surface area contributed by atoms with Gasteiger partial charge in [0.2, 0.25) is 0 Å². The van der Waals surface area contributed by atoms with Crippen molar-refractivity contribution in [2.45, 2.75) is 37.3 Å². The summed E-state index contributed by atoms with van der Waals surface area (Å²) in [4.78, 5) is 19.0. The molecule has 7 heteroatoms. The number of carbonyl (C=O) groups excluding carboxylic acids is 1. The van der Waals surface area contributed by atoms with Crippen LogP contribution in [0.25, 0.3) is 0 Å². The van der Waals surface area contributed by atoms with Gasteiger partial charge in [0.25, 0.3) is 5.91 Å². The summed E-state index contributed by atoms with van der Waals surface area (Å²) in [7, 11) is -3.57. The van der Waals surface area contributed by atoms with E-state index in [4.69, 9.17) is 11.6 Å². The van der Waals surface area contributed by atoms with E-state index < -0.39 is 9.84 Å². The summed E-state index contributed by atoms with van der Waals surface area (Å²) in [5, 5.41) is 0.524. The lowest BCUT2D eigenvalue weighted by molar-refractivity contribution is 0.0691. The summed E-state index contributed by atoms with van der Waals surface area (Å²) in [5.41, 5.74) is 1.36. The summed E-state index contributed by atoms with van der Waals surface area (Å²) in [5.74, 6) is 0.233. The fourth-order valence-corrected chi connectivity index (χ4v) is 4.61. The molecule has 0 atom stereocenters. The molecule has 0 saturated carbocycles. The molecule has 3 rings (SSSR count). The Morgan fingerprint density at radius 1 is 1.22 bits per heavy atom. The number of likely N-dealkylation sites (tertiary alicyclic amines) is 1. The summed E-state index contributed by atoms with van der Waals surface area (Å²) in [6.07, 6.45) is 1.96. The van der Waals surface area contributed by atoms with Gasteiger partial charge in [0.1, 0.15) is 5.69 Å². The first kappa shape index (κ1) is 19.8. The van der Waals surface area contributed by atoms with Crippen LogP contribution in [0.5, 0.6) is 0 Å². The van der Waals surface area contributed by atoms with E-state index in [1.54, 1.807) is 42.2 Å². The molecule has 2 heterocycles. The molecule has 5 nitrogen and oxygen atoms in total. The molecule has 1 aromatic heterocycles. The molecule has 0 aliphatic carbocycles. The number of nitrogens with zero attached hydrogens (tertiary/aromatic N) is 2. The number of aromatic nitrogens is 1. The number of amides is 1. The average molecular weight is 407 g/mol. The standard InChI is InChI=1S/C20H23ClN2O3S/c1-14-8-10-23(11-9-14)20(24)19-5-3-4-16(22-19)13-27(25,26)17-6-7-18(21)15(2)12-17/h3-7,12,14H,8-11,13H2,1-2H3. The maximum absolute atomic E-state index is 12.7. The van der Waals surface area contributed by atoms with Crippen LogP contribution >= 0.6 is 11.6 Å². The molecule has 0 N–H and O–H groups in total. The van der Waals surface area contributed by atoms with E-state index in [-0.39, 0.29) is 16.6 Å². The predicted octanol–water partition coefficient (Wildman–Crippen LogP) is 3.89. The Labute approximate surface area is 165 Å². The summed E-state index contributed by atoms with van der Waals surface area (Å²) in [6.45, 7) is 5.38. The van der Waals surface area contributed by atoms with E-state index in [0.29, 0.717) is 41.0 Å². The molecule has 2 aromatic rings. The minimum absolute atomic E-state index is 0.136. The van der Waals surface area contributed by atoms with Gasteiger partial charge in [-0.05, 0) is 61.6 Å².